The number of aliphatic carboxylic acids is 1. The molecule has 0 aliphatic heterocycles. The van der Waals surface area contributed by atoms with E-state index in [2.05, 4.69) is 4.98 Å². The maximum absolute atomic E-state index is 10.6. The molecule has 1 aromatic heterocycles. The Morgan fingerprint density at radius 3 is 2.53 bits per heavy atom. The van der Waals surface area contributed by atoms with Crippen molar-refractivity contribution in [3.63, 3.8) is 0 Å². The SMILES string of the molecule is COc1cc(CC(=O)O)nc(C(=O)O)c1. The summed E-state index contributed by atoms with van der Waals surface area (Å²) in [6, 6.07) is 2.62. The van der Waals surface area contributed by atoms with E-state index in [4.69, 9.17) is 14.9 Å². The molecule has 80 valence electrons. The summed E-state index contributed by atoms with van der Waals surface area (Å²) in [6.45, 7) is 0. The standard InChI is InChI=1S/C9H9NO5/c1-15-6-2-5(3-8(11)12)10-7(4-6)9(13)14/h2,4H,3H2,1H3,(H,11,12)(H,13,14). The number of carbonyl (C=O) groups is 2. The van der Waals surface area contributed by atoms with E-state index in [0.717, 1.165) is 0 Å². The van der Waals surface area contributed by atoms with Crippen molar-refractivity contribution in [2.75, 3.05) is 7.11 Å². The number of methoxy groups -OCH3 is 1. The molecule has 0 spiro atoms. The number of aromatic nitrogens is 1. The first-order valence-corrected chi connectivity index (χ1v) is 4.03. The van der Waals surface area contributed by atoms with Gasteiger partial charge in [-0.3, -0.25) is 4.79 Å². The average Bonchev–Trinajstić information content (AvgIpc) is 2.16. The Bertz CT molecular complexity index is 401. The van der Waals surface area contributed by atoms with E-state index in [-0.39, 0.29) is 23.6 Å². The van der Waals surface area contributed by atoms with Gasteiger partial charge in [0.05, 0.1) is 19.2 Å². The lowest BCUT2D eigenvalue weighted by Gasteiger charge is -2.03. The molecule has 15 heavy (non-hydrogen) atoms. The van der Waals surface area contributed by atoms with Gasteiger partial charge >= 0.3 is 11.9 Å². The van der Waals surface area contributed by atoms with E-state index >= 15 is 0 Å². The summed E-state index contributed by atoms with van der Waals surface area (Å²) in [7, 11) is 1.37. The predicted molar refractivity (Wildman–Crippen MR) is 49.1 cm³/mol. The molecule has 0 amide bonds. The number of carboxylic acid groups (broad SMARTS) is 2. The highest BCUT2D eigenvalue weighted by atomic mass is 16.5. The van der Waals surface area contributed by atoms with Crippen LogP contribution in [-0.2, 0) is 11.2 Å². The molecule has 6 heteroatoms. The van der Waals surface area contributed by atoms with Crippen LogP contribution in [0.25, 0.3) is 0 Å². The number of rotatable bonds is 4. The maximum Gasteiger partial charge on any atom is 0.354 e. The molecule has 1 rings (SSSR count). The summed E-state index contributed by atoms with van der Waals surface area (Å²) in [5.41, 5.74) is -0.0788. The lowest BCUT2D eigenvalue weighted by atomic mass is 10.2. The highest BCUT2D eigenvalue weighted by Crippen LogP contribution is 2.14. The summed E-state index contributed by atoms with van der Waals surface area (Å²) in [5.74, 6) is -2.02. The average molecular weight is 211 g/mol. The third-order valence-electron chi connectivity index (χ3n) is 1.64. The Hall–Kier alpha value is -2.11. The van der Waals surface area contributed by atoms with Gasteiger partial charge in [0.2, 0.25) is 0 Å². The second kappa shape index (κ2) is 4.41. The third-order valence-corrected chi connectivity index (χ3v) is 1.64. The van der Waals surface area contributed by atoms with Gasteiger partial charge in [0.1, 0.15) is 5.75 Å². The second-order valence-corrected chi connectivity index (χ2v) is 2.76. The van der Waals surface area contributed by atoms with Crippen LogP contribution in [0.3, 0.4) is 0 Å². The number of pyridine rings is 1. The van der Waals surface area contributed by atoms with E-state index in [1.807, 2.05) is 0 Å². The minimum atomic E-state index is -1.22. The van der Waals surface area contributed by atoms with Crippen LogP contribution in [0.4, 0.5) is 0 Å². The molecule has 0 radical (unpaired) electrons. The molecule has 0 aliphatic rings. The van der Waals surface area contributed by atoms with Crippen LogP contribution in [0.5, 0.6) is 5.75 Å². The summed E-state index contributed by atoms with van der Waals surface area (Å²) in [4.78, 5) is 24.7. The van der Waals surface area contributed by atoms with E-state index in [1.54, 1.807) is 0 Å². The normalized spacial score (nSPS) is 9.67. The van der Waals surface area contributed by atoms with E-state index < -0.39 is 11.9 Å². The second-order valence-electron chi connectivity index (χ2n) is 2.76. The van der Waals surface area contributed by atoms with Crippen LogP contribution in [0, 0.1) is 0 Å². The zero-order valence-electron chi connectivity index (χ0n) is 7.93. The lowest BCUT2D eigenvalue weighted by molar-refractivity contribution is -0.136. The highest BCUT2D eigenvalue weighted by Gasteiger charge is 2.11. The molecule has 2 N–H and O–H groups in total. The van der Waals surface area contributed by atoms with Crippen LogP contribution in [0.1, 0.15) is 16.2 Å². The Kier molecular flexibility index (Phi) is 3.22. The monoisotopic (exact) mass is 211 g/mol. The van der Waals surface area contributed by atoms with Crippen molar-refractivity contribution in [1.29, 1.82) is 0 Å². The summed E-state index contributed by atoms with van der Waals surface area (Å²) >= 11 is 0. The molecule has 1 heterocycles. The van der Waals surface area contributed by atoms with Gasteiger partial charge in [-0.1, -0.05) is 0 Å². The van der Waals surface area contributed by atoms with E-state index in [9.17, 15) is 9.59 Å². The molecule has 0 fully saturated rings. The number of carboxylic acids is 2. The first kappa shape index (κ1) is 11.0. The van der Waals surface area contributed by atoms with Crippen molar-refractivity contribution in [3.8, 4) is 5.75 Å². The van der Waals surface area contributed by atoms with Gasteiger partial charge in [-0.2, -0.15) is 0 Å². The van der Waals surface area contributed by atoms with E-state index in [0.29, 0.717) is 0 Å². The minimum Gasteiger partial charge on any atom is -0.497 e. The first-order valence-electron chi connectivity index (χ1n) is 4.03. The van der Waals surface area contributed by atoms with Crippen molar-refractivity contribution in [2.24, 2.45) is 0 Å². The molecule has 0 aliphatic carbocycles. The summed E-state index contributed by atoms with van der Waals surface area (Å²) in [6.07, 6.45) is -0.336. The predicted octanol–water partition coefficient (Wildman–Crippen LogP) is 0.415. The zero-order valence-corrected chi connectivity index (χ0v) is 7.93. The molecule has 6 nitrogen and oxygen atoms in total. The van der Waals surface area contributed by atoms with Gasteiger partial charge in [-0.05, 0) is 0 Å². The van der Waals surface area contributed by atoms with Crippen molar-refractivity contribution >= 4 is 11.9 Å². The molecule has 0 saturated heterocycles. The Morgan fingerprint density at radius 1 is 1.40 bits per heavy atom. The summed E-state index contributed by atoms with van der Waals surface area (Å²) < 4.78 is 4.83. The lowest BCUT2D eigenvalue weighted by Crippen LogP contribution is -2.07. The van der Waals surface area contributed by atoms with Crippen molar-refractivity contribution < 1.29 is 24.5 Å². The van der Waals surface area contributed by atoms with Gasteiger partial charge in [-0.15, -0.1) is 0 Å². The fraction of sp³-hybridized carbons (Fsp3) is 0.222. The van der Waals surface area contributed by atoms with Crippen LogP contribution in [0.2, 0.25) is 0 Å². The largest absolute Gasteiger partial charge is 0.497 e. The number of hydrogen-bond acceptors (Lipinski definition) is 4. The molecule has 1 aromatic rings. The van der Waals surface area contributed by atoms with Gasteiger partial charge in [-0.25, -0.2) is 9.78 Å². The smallest absolute Gasteiger partial charge is 0.354 e. The molecule has 0 bridgehead atoms. The highest BCUT2D eigenvalue weighted by molar-refractivity contribution is 5.86. The quantitative estimate of drug-likeness (QED) is 0.748. The van der Waals surface area contributed by atoms with Crippen LogP contribution in [0.15, 0.2) is 12.1 Å². The minimum absolute atomic E-state index is 0.152. The zero-order chi connectivity index (χ0) is 11.4. The molecule has 0 atom stereocenters. The van der Waals surface area contributed by atoms with E-state index in [1.165, 1.54) is 19.2 Å². The first-order chi connectivity index (χ1) is 7.02. The van der Waals surface area contributed by atoms with Gasteiger partial charge < -0.3 is 14.9 Å². The van der Waals surface area contributed by atoms with Crippen molar-refractivity contribution in [1.82, 2.24) is 4.98 Å². The molecule has 0 unspecified atom stereocenters. The number of ether oxygens (including phenoxy) is 1. The Labute approximate surface area is 85.1 Å². The molecular formula is C9H9NO5. The van der Waals surface area contributed by atoms with Crippen molar-refractivity contribution in [3.05, 3.63) is 23.5 Å². The molecular weight excluding hydrogens is 202 g/mol. The van der Waals surface area contributed by atoms with Crippen LogP contribution >= 0.6 is 0 Å². The van der Waals surface area contributed by atoms with Gasteiger partial charge in [0, 0.05) is 12.1 Å². The summed E-state index contributed by atoms with van der Waals surface area (Å²) in [5, 5.41) is 17.2. The number of nitrogens with zero attached hydrogens (tertiary/aromatic N) is 1. The fourth-order valence-electron chi connectivity index (χ4n) is 1.03. The van der Waals surface area contributed by atoms with Crippen LogP contribution < -0.4 is 4.74 Å². The Morgan fingerprint density at radius 2 is 2.07 bits per heavy atom. The number of aromatic carboxylic acids is 1. The molecule has 0 aromatic carbocycles. The maximum atomic E-state index is 10.6. The number of hydrogen-bond donors (Lipinski definition) is 2. The Balaban J connectivity index is 3.11. The van der Waals surface area contributed by atoms with Gasteiger partial charge in [0.25, 0.3) is 0 Å². The third kappa shape index (κ3) is 2.94. The fourth-order valence-corrected chi connectivity index (χ4v) is 1.03. The van der Waals surface area contributed by atoms with Crippen LogP contribution in [-0.4, -0.2) is 34.2 Å². The van der Waals surface area contributed by atoms with Crippen molar-refractivity contribution in [2.45, 2.75) is 6.42 Å². The molecule has 0 saturated carbocycles. The van der Waals surface area contributed by atoms with Gasteiger partial charge in [0.15, 0.2) is 5.69 Å². The topological polar surface area (TPSA) is 96.7 Å².